The van der Waals surface area contributed by atoms with Gasteiger partial charge >= 0.3 is 0 Å². The standard InChI is InChI=1S/C32H32F2N4O4/c33-23-7-6-21(26(34)15-23)17-37-13-12-27(35-16-20-4-2-1-3-5-20)29(19-37)42-24-8-9-25-22(14-24)18-38(32(25)41)28-10-11-30(39)36-31(28)40/h1-9,14-15,27-29,35H,10-13,16-19H2,(H,36,39,40)/t27-,28?,29-/m0/s1. The van der Waals surface area contributed by atoms with Gasteiger partial charge in [0.25, 0.3) is 5.91 Å². The summed E-state index contributed by atoms with van der Waals surface area (Å²) in [4.78, 5) is 40.7. The lowest BCUT2D eigenvalue weighted by Gasteiger charge is -2.39. The lowest BCUT2D eigenvalue weighted by Crippen LogP contribution is -2.54. The van der Waals surface area contributed by atoms with Crippen LogP contribution in [0.1, 0.15) is 46.3 Å². The predicted molar refractivity (Wildman–Crippen MR) is 150 cm³/mol. The maximum Gasteiger partial charge on any atom is 0.255 e. The first-order chi connectivity index (χ1) is 20.3. The minimum absolute atomic E-state index is 0.00868. The van der Waals surface area contributed by atoms with Crippen molar-refractivity contribution in [1.82, 2.24) is 20.4 Å². The number of benzene rings is 3. The summed E-state index contributed by atoms with van der Waals surface area (Å²) in [5, 5.41) is 5.95. The van der Waals surface area contributed by atoms with Gasteiger partial charge in [-0.2, -0.15) is 0 Å². The van der Waals surface area contributed by atoms with E-state index >= 15 is 0 Å². The van der Waals surface area contributed by atoms with Crippen LogP contribution in [0.5, 0.6) is 5.75 Å². The molecule has 6 rings (SSSR count). The molecule has 0 bridgehead atoms. The Bertz CT molecular complexity index is 1500. The zero-order chi connectivity index (χ0) is 29.2. The fourth-order valence-electron chi connectivity index (χ4n) is 6.01. The minimum Gasteiger partial charge on any atom is -0.487 e. The van der Waals surface area contributed by atoms with Gasteiger partial charge in [-0.3, -0.25) is 24.6 Å². The number of amides is 3. The molecule has 42 heavy (non-hydrogen) atoms. The van der Waals surface area contributed by atoms with E-state index in [0.717, 1.165) is 23.6 Å². The number of hydrogen-bond acceptors (Lipinski definition) is 6. The molecule has 2 N–H and O–H groups in total. The van der Waals surface area contributed by atoms with Gasteiger partial charge in [-0.15, -0.1) is 0 Å². The van der Waals surface area contributed by atoms with Gasteiger partial charge in [-0.1, -0.05) is 36.4 Å². The molecule has 3 atom stereocenters. The second-order valence-electron chi connectivity index (χ2n) is 11.1. The van der Waals surface area contributed by atoms with Crippen LogP contribution in [0.15, 0.2) is 66.7 Å². The zero-order valence-corrected chi connectivity index (χ0v) is 23.0. The SMILES string of the molecule is O=C1CCC(N2Cc3cc(O[C@H]4CN(Cc5ccc(F)cc5F)CC[C@@H]4NCc4ccccc4)ccc3C2=O)C(=O)N1. The van der Waals surface area contributed by atoms with Crippen molar-refractivity contribution in [3.05, 3.63) is 101 Å². The molecular formula is C32H32F2N4O4. The van der Waals surface area contributed by atoms with Crippen LogP contribution in [-0.2, 0) is 29.2 Å². The topological polar surface area (TPSA) is 91.0 Å². The van der Waals surface area contributed by atoms with Crippen molar-refractivity contribution in [2.75, 3.05) is 13.1 Å². The van der Waals surface area contributed by atoms with Crippen molar-refractivity contribution >= 4 is 17.7 Å². The Kier molecular flexibility index (Phi) is 7.99. The number of hydrogen-bond donors (Lipinski definition) is 2. The fourth-order valence-corrected chi connectivity index (χ4v) is 6.01. The molecule has 2 saturated heterocycles. The first-order valence-corrected chi connectivity index (χ1v) is 14.2. The second kappa shape index (κ2) is 12.0. The third-order valence-corrected chi connectivity index (χ3v) is 8.25. The van der Waals surface area contributed by atoms with Crippen molar-refractivity contribution in [1.29, 1.82) is 0 Å². The molecule has 0 aromatic heterocycles. The van der Waals surface area contributed by atoms with Crippen molar-refractivity contribution in [3.63, 3.8) is 0 Å². The smallest absolute Gasteiger partial charge is 0.255 e. The van der Waals surface area contributed by atoms with Crippen LogP contribution in [0.4, 0.5) is 8.78 Å². The number of rotatable bonds is 8. The lowest BCUT2D eigenvalue weighted by atomic mass is 10.00. The number of carbonyl (C=O) groups is 3. The van der Waals surface area contributed by atoms with Crippen molar-refractivity contribution in [3.8, 4) is 5.75 Å². The predicted octanol–water partition coefficient (Wildman–Crippen LogP) is 3.54. The van der Waals surface area contributed by atoms with Gasteiger partial charge in [0.05, 0.1) is 0 Å². The average Bonchev–Trinajstić information content (AvgIpc) is 3.29. The third kappa shape index (κ3) is 6.05. The Balaban J connectivity index is 1.18. The highest BCUT2D eigenvalue weighted by Crippen LogP contribution is 2.31. The summed E-state index contributed by atoms with van der Waals surface area (Å²) in [5.74, 6) is -1.59. The highest BCUT2D eigenvalue weighted by atomic mass is 19.1. The first-order valence-electron chi connectivity index (χ1n) is 14.2. The van der Waals surface area contributed by atoms with Crippen LogP contribution < -0.4 is 15.4 Å². The van der Waals surface area contributed by atoms with Crippen LogP contribution in [0.25, 0.3) is 0 Å². The number of ether oxygens (including phenoxy) is 1. The Morgan fingerprint density at radius 1 is 0.976 bits per heavy atom. The number of likely N-dealkylation sites (tertiary alicyclic amines) is 1. The minimum atomic E-state index is -0.683. The van der Waals surface area contributed by atoms with E-state index in [0.29, 0.717) is 49.5 Å². The quantitative estimate of drug-likeness (QED) is 0.400. The molecule has 3 amide bonds. The number of imide groups is 1. The molecule has 3 aromatic rings. The molecule has 0 spiro atoms. The molecule has 2 fully saturated rings. The van der Waals surface area contributed by atoms with E-state index in [4.69, 9.17) is 4.74 Å². The number of carbonyl (C=O) groups excluding carboxylic acids is 3. The summed E-state index contributed by atoms with van der Waals surface area (Å²) in [6.07, 6.45) is 0.969. The van der Waals surface area contributed by atoms with Crippen LogP contribution in [0.2, 0.25) is 0 Å². The number of fused-ring (bicyclic) bond motifs is 1. The van der Waals surface area contributed by atoms with Gasteiger partial charge in [0.15, 0.2) is 0 Å². The summed E-state index contributed by atoms with van der Waals surface area (Å²) in [6, 6.07) is 18.4. The van der Waals surface area contributed by atoms with Gasteiger partial charge in [0.2, 0.25) is 11.8 Å². The molecule has 3 aromatic carbocycles. The van der Waals surface area contributed by atoms with Gasteiger partial charge in [-0.25, -0.2) is 8.78 Å². The van der Waals surface area contributed by atoms with Gasteiger partial charge in [0.1, 0.15) is 29.5 Å². The molecule has 218 valence electrons. The highest BCUT2D eigenvalue weighted by Gasteiger charge is 2.39. The Labute approximate surface area is 242 Å². The van der Waals surface area contributed by atoms with E-state index in [1.807, 2.05) is 24.3 Å². The summed E-state index contributed by atoms with van der Waals surface area (Å²) in [7, 11) is 0. The maximum atomic E-state index is 14.4. The highest BCUT2D eigenvalue weighted by molar-refractivity contribution is 6.05. The summed E-state index contributed by atoms with van der Waals surface area (Å²) in [6.45, 7) is 2.48. The number of nitrogens with one attached hydrogen (secondary N) is 2. The van der Waals surface area contributed by atoms with E-state index in [1.54, 1.807) is 12.1 Å². The van der Waals surface area contributed by atoms with Crippen molar-refractivity contribution in [2.45, 2.75) is 57.1 Å². The van der Waals surface area contributed by atoms with Crippen molar-refractivity contribution in [2.24, 2.45) is 0 Å². The van der Waals surface area contributed by atoms with E-state index in [2.05, 4.69) is 27.7 Å². The zero-order valence-electron chi connectivity index (χ0n) is 23.0. The molecule has 0 aliphatic carbocycles. The van der Waals surface area contributed by atoms with Crippen LogP contribution in [-0.4, -0.2) is 58.8 Å². The molecule has 3 aliphatic heterocycles. The molecule has 0 radical (unpaired) electrons. The Hall–Kier alpha value is -4.15. The van der Waals surface area contributed by atoms with E-state index in [1.165, 1.54) is 17.0 Å². The maximum absolute atomic E-state index is 14.4. The number of piperidine rings is 2. The Morgan fingerprint density at radius 3 is 2.60 bits per heavy atom. The normalized spacial score (nSPS) is 22.7. The number of halogens is 2. The first kappa shape index (κ1) is 28.0. The average molecular weight is 575 g/mol. The van der Waals surface area contributed by atoms with E-state index in [-0.39, 0.29) is 36.9 Å². The van der Waals surface area contributed by atoms with Gasteiger partial charge in [0, 0.05) is 62.4 Å². The van der Waals surface area contributed by atoms with Gasteiger partial charge in [-0.05, 0) is 48.2 Å². The molecule has 8 nitrogen and oxygen atoms in total. The molecule has 0 saturated carbocycles. The fraction of sp³-hybridized carbons (Fsp3) is 0.344. The van der Waals surface area contributed by atoms with E-state index in [9.17, 15) is 23.2 Å². The van der Waals surface area contributed by atoms with E-state index < -0.39 is 23.6 Å². The van der Waals surface area contributed by atoms with Gasteiger partial charge < -0.3 is 15.0 Å². The molecule has 3 aliphatic rings. The summed E-state index contributed by atoms with van der Waals surface area (Å²) < 4.78 is 34.4. The molecule has 10 heteroatoms. The van der Waals surface area contributed by atoms with Crippen LogP contribution in [0, 0.1) is 11.6 Å². The molecular weight excluding hydrogens is 542 g/mol. The Morgan fingerprint density at radius 2 is 1.81 bits per heavy atom. The van der Waals surface area contributed by atoms with Crippen molar-refractivity contribution < 1.29 is 27.9 Å². The monoisotopic (exact) mass is 574 g/mol. The summed E-state index contributed by atoms with van der Waals surface area (Å²) >= 11 is 0. The number of nitrogens with zero attached hydrogens (tertiary/aromatic N) is 2. The molecule has 1 unspecified atom stereocenters. The lowest BCUT2D eigenvalue weighted by molar-refractivity contribution is -0.136. The molecule has 3 heterocycles. The van der Waals surface area contributed by atoms with Crippen LogP contribution >= 0.6 is 0 Å². The second-order valence-corrected chi connectivity index (χ2v) is 11.1. The van der Waals surface area contributed by atoms with Crippen LogP contribution in [0.3, 0.4) is 0 Å². The largest absolute Gasteiger partial charge is 0.487 e. The summed E-state index contributed by atoms with van der Waals surface area (Å²) in [5.41, 5.74) is 2.85. The third-order valence-electron chi connectivity index (χ3n) is 8.25.